The molecule has 1 aliphatic rings. The predicted octanol–water partition coefficient (Wildman–Crippen LogP) is 2.59. The van der Waals surface area contributed by atoms with Crippen molar-refractivity contribution in [3.63, 3.8) is 0 Å². The zero-order valence-electron chi connectivity index (χ0n) is 15.7. The van der Waals surface area contributed by atoms with E-state index in [-0.39, 0.29) is 5.75 Å². The molecule has 0 saturated heterocycles. The van der Waals surface area contributed by atoms with Crippen molar-refractivity contribution in [2.75, 3.05) is 17.6 Å². The molecule has 0 spiro atoms. The second-order valence-corrected chi connectivity index (χ2v) is 8.96. The number of benzene rings is 2. The molecule has 8 heteroatoms. The number of nitrogens with one attached hydrogen (secondary N) is 1. The van der Waals surface area contributed by atoms with Crippen molar-refractivity contribution in [1.82, 2.24) is 19.1 Å². The molecule has 0 radical (unpaired) electrons. The summed E-state index contributed by atoms with van der Waals surface area (Å²) < 4.78 is 27.8. The summed E-state index contributed by atoms with van der Waals surface area (Å²) in [5, 5.41) is 7.79. The van der Waals surface area contributed by atoms with E-state index in [9.17, 15) is 8.42 Å². The van der Waals surface area contributed by atoms with Crippen LogP contribution in [0, 0.1) is 0 Å². The molecule has 7 nitrogen and oxygen atoms in total. The fraction of sp³-hybridized carbons (Fsp3) is 0.300. The molecule has 1 aliphatic heterocycles. The lowest BCUT2D eigenvalue weighted by Crippen LogP contribution is -2.37. The van der Waals surface area contributed by atoms with Crippen molar-refractivity contribution in [3.05, 3.63) is 71.8 Å². The highest BCUT2D eigenvalue weighted by atomic mass is 32.2. The normalized spacial score (nSPS) is 14.6. The van der Waals surface area contributed by atoms with Crippen molar-refractivity contribution in [2.45, 2.75) is 26.4 Å². The largest absolute Gasteiger partial charge is 0.378 e. The van der Waals surface area contributed by atoms with Crippen LogP contribution in [0.4, 0.5) is 5.69 Å². The summed E-state index contributed by atoms with van der Waals surface area (Å²) in [6, 6.07) is 15.9. The number of hydrogen-bond donors (Lipinski definition) is 1. The van der Waals surface area contributed by atoms with E-state index < -0.39 is 10.0 Å². The third-order valence-electron chi connectivity index (χ3n) is 5.05. The van der Waals surface area contributed by atoms with Gasteiger partial charge < -0.3 is 5.32 Å². The first-order chi connectivity index (χ1) is 13.6. The van der Waals surface area contributed by atoms with Crippen LogP contribution in [0.15, 0.2) is 54.9 Å². The van der Waals surface area contributed by atoms with Gasteiger partial charge in [-0.25, -0.2) is 18.1 Å². The zero-order chi connectivity index (χ0) is 19.6. The van der Waals surface area contributed by atoms with Gasteiger partial charge in [-0.05, 0) is 42.7 Å². The highest BCUT2D eigenvalue weighted by molar-refractivity contribution is 7.89. The van der Waals surface area contributed by atoms with Crippen LogP contribution in [0.5, 0.6) is 0 Å². The molecule has 0 amide bonds. The number of nitrogens with zero attached hydrogens (tertiary/aromatic N) is 4. The zero-order valence-corrected chi connectivity index (χ0v) is 16.6. The van der Waals surface area contributed by atoms with Crippen LogP contribution in [-0.4, -0.2) is 39.8 Å². The van der Waals surface area contributed by atoms with Crippen molar-refractivity contribution >= 4 is 15.7 Å². The lowest BCUT2D eigenvalue weighted by atomic mass is 9.99. The number of para-hydroxylation sites is 1. The second kappa shape index (κ2) is 7.73. The molecule has 2 heterocycles. The lowest BCUT2D eigenvalue weighted by Gasteiger charge is -2.29. The van der Waals surface area contributed by atoms with E-state index in [4.69, 9.17) is 0 Å². The van der Waals surface area contributed by atoms with Gasteiger partial charge in [-0.1, -0.05) is 30.3 Å². The molecule has 0 saturated carbocycles. The summed E-state index contributed by atoms with van der Waals surface area (Å²) in [5.74, 6) is 0.949. The molecule has 0 bridgehead atoms. The first-order valence-corrected chi connectivity index (χ1v) is 11.0. The molecular weight excluding hydrogens is 374 g/mol. The maximum atomic E-state index is 12.2. The summed E-state index contributed by atoms with van der Waals surface area (Å²) in [5.41, 5.74) is 4.22. The first-order valence-electron chi connectivity index (χ1n) is 9.35. The average Bonchev–Trinajstić information content (AvgIpc) is 3.21. The van der Waals surface area contributed by atoms with Crippen molar-refractivity contribution in [3.8, 4) is 5.69 Å². The number of aromatic nitrogens is 3. The molecule has 0 atom stereocenters. The SMILES string of the molecule is CCS(=O)(=O)N1CCc2c(cccc2NCc2ncnn2-c2ccccc2)C1. The van der Waals surface area contributed by atoms with Crippen molar-refractivity contribution in [2.24, 2.45) is 0 Å². The molecule has 146 valence electrons. The molecule has 2 aromatic carbocycles. The van der Waals surface area contributed by atoms with Gasteiger partial charge in [0.25, 0.3) is 0 Å². The maximum Gasteiger partial charge on any atom is 0.214 e. The Morgan fingerprint density at radius 2 is 1.93 bits per heavy atom. The van der Waals surface area contributed by atoms with Crippen molar-refractivity contribution < 1.29 is 8.42 Å². The van der Waals surface area contributed by atoms with Gasteiger partial charge in [0.05, 0.1) is 18.0 Å². The van der Waals surface area contributed by atoms with E-state index in [2.05, 4.69) is 15.4 Å². The van der Waals surface area contributed by atoms with Crippen LogP contribution in [0.2, 0.25) is 0 Å². The Hall–Kier alpha value is -2.71. The standard InChI is InChI=1S/C20H23N5O2S/c1-2-28(26,27)24-12-11-18-16(14-24)7-6-10-19(18)21-13-20-22-15-23-25(20)17-8-4-3-5-9-17/h3-10,15,21H,2,11-14H2,1H3. The molecular formula is C20H23N5O2S. The van der Waals surface area contributed by atoms with Gasteiger partial charge >= 0.3 is 0 Å². The average molecular weight is 398 g/mol. The second-order valence-electron chi connectivity index (χ2n) is 6.70. The van der Waals surface area contributed by atoms with E-state index in [0.29, 0.717) is 26.1 Å². The predicted molar refractivity (Wildman–Crippen MR) is 109 cm³/mol. The highest BCUT2D eigenvalue weighted by Crippen LogP contribution is 2.28. The van der Waals surface area contributed by atoms with E-state index in [0.717, 1.165) is 22.8 Å². The third-order valence-corrected chi connectivity index (χ3v) is 6.87. The molecule has 28 heavy (non-hydrogen) atoms. The quantitative estimate of drug-likeness (QED) is 0.692. The topological polar surface area (TPSA) is 80.1 Å². The minimum absolute atomic E-state index is 0.134. The molecule has 1 N–H and O–H groups in total. The van der Waals surface area contributed by atoms with E-state index >= 15 is 0 Å². The third kappa shape index (κ3) is 3.65. The van der Waals surface area contributed by atoms with E-state index in [1.807, 2.05) is 53.2 Å². The molecule has 0 fully saturated rings. The summed E-state index contributed by atoms with van der Waals surface area (Å²) in [7, 11) is -3.17. The van der Waals surface area contributed by atoms with Gasteiger partial charge in [-0.15, -0.1) is 0 Å². The Morgan fingerprint density at radius 3 is 2.71 bits per heavy atom. The molecule has 0 aliphatic carbocycles. The summed E-state index contributed by atoms with van der Waals surface area (Å²) in [6.45, 7) is 3.16. The van der Waals surface area contributed by atoms with Crippen LogP contribution < -0.4 is 5.32 Å². The summed E-state index contributed by atoms with van der Waals surface area (Å²) >= 11 is 0. The number of sulfonamides is 1. The van der Waals surface area contributed by atoms with Crippen molar-refractivity contribution in [1.29, 1.82) is 0 Å². The van der Waals surface area contributed by atoms with Crippen LogP contribution in [-0.2, 0) is 29.5 Å². The molecule has 4 rings (SSSR count). The lowest BCUT2D eigenvalue weighted by molar-refractivity contribution is 0.392. The van der Waals surface area contributed by atoms with Crippen LogP contribution in [0.1, 0.15) is 23.9 Å². The minimum Gasteiger partial charge on any atom is -0.378 e. The Morgan fingerprint density at radius 1 is 1.11 bits per heavy atom. The van der Waals surface area contributed by atoms with Crippen LogP contribution in [0.25, 0.3) is 5.69 Å². The van der Waals surface area contributed by atoms with E-state index in [1.165, 1.54) is 5.56 Å². The van der Waals surface area contributed by atoms with Gasteiger partial charge in [-0.2, -0.15) is 9.40 Å². The van der Waals surface area contributed by atoms with Crippen LogP contribution in [0.3, 0.4) is 0 Å². The monoisotopic (exact) mass is 397 g/mol. The molecule has 0 unspecified atom stereocenters. The molecule has 3 aromatic rings. The smallest absolute Gasteiger partial charge is 0.214 e. The Kier molecular flexibility index (Phi) is 5.15. The first kappa shape index (κ1) is 18.6. The fourth-order valence-electron chi connectivity index (χ4n) is 3.51. The highest BCUT2D eigenvalue weighted by Gasteiger charge is 2.26. The summed E-state index contributed by atoms with van der Waals surface area (Å²) in [6.07, 6.45) is 2.25. The number of hydrogen-bond acceptors (Lipinski definition) is 5. The number of rotatable bonds is 6. The number of fused-ring (bicyclic) bond motifs is 1. The maximum absolute atomic E-state index is 12.2. The van der Waals surface area contributed by atoms with Gasteiger partial charge in [-0.3, -0.25) is 0 Å². The Balaban J connectivity index is 1.53. The van der Waals surface area contributed by atoms with Gasteiger partial charge in [0.15, 0.2) is 5.82 Å². The van der Waals surface area contributed by atoms with Gasteiger partial charge in [0.1, 0.15) is 6.33 Å². The molecule has 1 aromatic heterocycles. The Bertz CT molecular complexity index is 1060. The van der Waals surface area contributed by atoms with Gasteiger partial charge in [0, 0.05) is 18.8 Å². The number of anilines is 1. The fourth-order valence-corrected chi connectivity index (χ4v) is 4.58. The minimum atomic E-state index is -3.17. The summed E-state index contributed by atoms with van der Waals surface area (Å²) in [4.78, 5) is 4.38. The van der Waals surface area contributed by atoms with Crippen LogP contribution >= 0.6 is 0 Å². The Labute approximate surface area is 165 Å². The van der Waals surface area contributed by atoms with Gasteiger partial charge in [0.2, 0.25) is 10.0 Å². The van der Waals surface area contributed by atoms with E-state index in [1.54, 1.807) is 17.6 Å².